The van der Waals surface area contributed by atoms with Crippen LogP contribution in [0.2, 0.25) is 0 Å². The van der Waals surface area contributed by atoms with Crippen LogP contribution in [-0.4, -0.2) is 25.8 Å². The molecule has 0 radical (unpaired) electrons. The lowest BCUT2D eigenvalue weighted by molar-refractivity contribution is 0.188. The zero-order valence-corrected chi connectivity index (χ0v) is 15.1. The van der Waals surface area contributed by atoms with Gasteiger partial charge in [0.1, 0.15) is 17.6 Å². The first kappa shape index (κ1) is 17.1. The lowest BCUT2D eigenvalue weighted by atomic mass is 10.1. The highest BCUT2D eigenvalue weighted by Crippen LogP contribution is 2.36. The number of urea groups is 1. The molecule has 0 saturated carbocycles. The molecule has 1 aliphatic heterocycles. The van der Waals surface area contributed by atoms with Gasteiger partial charge < -0.3 is 14.8 Å². The molecule has 1 N–H and O–H groups in total. The average molecular weight is 340 g/mol. The number of hydrogen-bond donors (Lipinski definition) is 1. The molecule has 132 valence electrons. The standard InChI is InChI=1S/C20H24N2O3/c1-5-15-12-22(17-11-14(3)7-9-19(17)25-15)20(23)21-16-10-13(2)6-8-18(16)24-4/h6-11,15H,5,12H2,1-4H3,(H,21,23)/t15-/m1/s1. The molecule has 0 aliphatic carbocycles. The summed E-state index contributed by atoms with van der Waals surface area (Å²) in [5, 5.41) is 2.98. The Morgan fingerprint density at radius 1 is 1.24 bits per heavy atom. The van der Waals surface area contributed by atoms with E-state index in [2.05, 4.69) is 12.2 Å². The van der Waals surface area contributed by atoms with Gasteiger partial charge in [-0.15, -0.1) is 0 Å². The fourth-order valence-electron chi connectivity index (χ4n) is 2.96. The maximum absolute atomic E-state index is 13.0. The molecule has 2 amide bonds. The molecule has 2 aromatic rings. The highest BCUT2D eigenvalue weighted by atomic mass is 16.5. The Kier molecular flexibility index (Phi) is 4.83. The Hall–Kier alpha value is -2.69. The molecule has 0 spiro atoms. The van der Waals surface area contributed by atoms with Gasteiger partial charge >= 0.3 is 6.03 Å². The topological polar surface area (TPSA) is 50.8 Å². The van der Waals surface area contributed by atoms with Gasteiger partial charge in [0.2, 0.25) is 0 Å². The zero-order chi connectivity index (χ0) is 18.0. The summed E-state index contributed by atoms with van der Waals surface area (Å²) in [6.07, 6.45) is 0.825. The molecule has 3 rings (SSSR count). The van der Waals surface area contributed by atoms with Crippen LogP contribution in [0, 0.1) is 13.8 Å². The summed E-state index contributed by atoms with van der Waals surface area (Å²) in [7, 11) is 1.60. The Labute approximate surface area is 148 Å². The normalized spacial score (nSPS) is 16.0. The molecule has 0 aromatic heterocycles. The van der Waals surface area contributed by atoms with Gasteiger partial charge in [0.05, 0.1) is 25.0 Å². The Bertz CT molecular complexity index is 789. The lowest BCUT2D eigenvalue weighted by Gasteiger charge is -2.34. The van der Waals surface area contributed by atoms with Crippen LogP contribution in [0.15, 0.2) is 36.4 Å². The molecule has 0 bridgehead atoms. The van der Waals surface area contributed by atoms with Crippen LogP contribution in [0.5, 0.6) is 11.5 Å². The predicted octanol–water partition coefficient (Wildman–Crippen LogP) is 4.52. The van der Waals surface area contributed by atoms with Crippen molar-refractivity contribution in [2.45, 2.75) is 33.3 Å². The fourth-order valence-corrected chi connectivity index (χ4v) is 2.96. The second-order valence-electron chi connectivity index (χ2n) is 6.36. The molecule has 5 heteroatoms. The highest BCUT2D eigenvalue weighted by molar-refractivity contribution is 6.04. The lowest BCUT2D eigenvalue weighted by Crippen LogP contribution is -2.45. The Morgan fingerprint density at radius 2 is 1.96 bits per heavy atom. The Balaban J connectivity index is 1.92. The van der Waals surface area contributed by atoms with Crippen molar-refractivity contribution in [3.05, 3.63) is 47.5 Å². The van der Waals surface area contributed by atoms with E-state index in [-0.39, 0.29) is 12.1 Å². The molecule has 25 heavy (non-hydrogen) atoms. The summed E-state index contributed by atoms with van der Waals surface area (Å²) < 4.78 is 11.3. The van der Waals surface area contributed by atoms with Crippen LogP contribution < -0.4 is 19.7 Å². The van der Waals surface area contributed by atoms with Crippen LogP contribution >= 0.6 is 0 Å². The third-order valence-electron chi connectivity index (χ3n) is 4.38. The molecular weight excluding hydrogens is 316 g/mol. The number of amides is 2. The van der Waals surface area contributed by atoms with E-state index in [9.17, 15) is 4.79 Å². The van der Waals surface area contributed by atoms with E-state index in [0.717, 1.165) is 29.0 Å². The van der Waals surface area contributed by atoms with Gasteiger partial charge in [-0.3, -0.25) is 4.90 Å². The number of rotatable bonds is 3. The number of ether oxygens (including phenoxy) is 2. The summed E-state index contributed by atoms with van der Waals surface area (Å²) in [5.41, 5.74) is 3.61. The van der Waals surface area contributed by atoms with Crippen molar-refractivity contribution in [1.29, 1.82) is 0 Å². The van der Waals surface area contributed by atoms with Crippen molar-refractivity contribution in [2.75, 3.05) is 23.9 Å². The van der Waals surface area contributed by atoms with E-state index < -0.39 is 0 Å². The third kappa shape index (κ3) is 3.55. The van der Waals surface area contributed by atoms with Gasteiger partial charge in [0.25, 0.3) is 0 Å². The molecule has 1 atom stereocenters. The first-order valence-corrected chi connectivity index (χ1v) is 8.52. The highest BCUT2D eigenvalue weighted by Gasteiger charge is 2.29. The number of carbonyl (C=O) groups is 1. The van der Waals surface area contributed by atoms with Crippen LogP contribution in [0.4, 0.5) is 16.2 Å². The van der Waals surface area contributed by atoms with Gasteiger partial charge in [-0.2, -0.15) is 0 Å². The largest absolute Gasteiger partial charge is 0.495 e. The van der Waals surface area contributed by atoms with Crippen molar-refractivity contribution < 1.29 is 14.3 Å². The first-order valence-electron chi connectivity index (χ1n) is 8.52. The molecule has 2 aromatic carbocycles. The quantitative estimate of drug-likeness (QED) is 0.893. The Morgan fingerprint density at radius 3 is 2.68 bits per heavy atom. The number of nitrogens with zero attached hydrogens (tertiary/aromatic N) is 1. The number of hydrogen-bond acceptors (Lipinski definition) is 3. The van der Waals surface area contributed by atoms with Gasteiger partial charge in [-0.25, -0.2) is 4.79 Å². The zero-order valence-electron chi connectivity index (χ0n) is 15.1. The maximum atomic E-state index is 13.0. The summed E-state index contributed by atoms with van der Waals surface area (Å²) in [6, 6.07) is 11.4. The fraction of sp³-hybridized carbons (Fsp3) is 0.350. The van der Waals surface area contributed by atoms with E-state index in [1.165, 1.54) is 0 Å². The van der Waals surface area contributed by atoms with E-state index >= 15 is 0 Å². The minimum atomic E-state index is -0.183. The van der Waals surface area contributed by atoms with Crippen molar-refractivity contribution in [1.82, 2.24) is 0 Å². The number of carbonyl (C=O) groups excluding carboxylic acids is 1. The number of anilines is 2. The summed E-state index contributed by atoms with van der Waals surface area (Å²) >= 11 is 0. The van der Waals surface area contributed by atoms with E-state index in [1.54, 1.807) is 12.0 Å². The van der Waals surface area contributed by atoms with Crippen molar-refractivity contribution >= 4 is 17.4 Å². The smallest absolute Gasteiger partial charge is 0.326 e. The molecule has 5 nitrogen and oxygen atoms in total. The summed E-state index contributed by atoms with van der Waals surface area (Å²) in [4.78, 5) is 14.7. The number of nitrogens with one attached hydrogen (secondary N) is 1. The molecule has 0 unspecified atom stereocenters. The van der Waals surface area contributed by atoms with Gasteiger partial charge in [0.15, 0.2) is 0 Å². The third-order valence-corrected chi connectivity index (χ3v) is 4.38. The van der Waals surface area contributed by atoms with Gasteiger partial charge in [0, 0.05) is 0 Å². The average Bonchev–Trinajstić information content (AvgIpc) is 2.61. The van der Waals surface area contributed by atoms with E-state index in [0.29, 0.717) is 18.0 Å². The second-order valence-corrected chi connectivity index (χ2v) is 6.36. The molecule has 1 aliphatic rings. The van der Waals surface area contributed by atoms with Crippen LogP contribution in [0.25, 0.3) is 0 Å². The number of benzene rings is 2. The maximum Gasteiger partial charge on any atom is 0.326 e. The van der Waals surface area contributed by atoms with Crippen molar-refractivity contribution in [3.8, 4) is 11.5 Å². The monoisotopic (exact) mass is 340 g/mol. The molecular formula is C20H24N2O3. The van der Waals surface area contributed by atoms with Gasteiger partial charge in [-0.1, -0.05) is 19.1 Å². The van der Waals surface area contributed by atoms with Crippen LogP contribution in [0.1, 0.15) is 24.5 Å². The minimum Gasteiger partial charge on any atom is -0.495 e. The van der Waals surface area contributed by atoms with Gasteiger partial charge in [-0.05, 0) is 55.7 Å². The predicted molar refractivity (Wildman–Crippen MR) is 100.0 cm³/mol. The molecule has 0 fully saturated rings. The summed E-state index contributed by atoms with van der Waals surface area (Å²) in [5.74, 6) is 1.39. The summed E-state index contributed by atoms with van der Waals surface area (Å²) in [6.45, 7) is 6.57. The molecule has 1 heterocycles. The first-order chi connectivity index (χ1) is 12.0. The van der Waals surface area contributed by atoms with Crippen molar-refractivity contribution in [2.24, 2.45) is 0 Å². The number of methoxy groups -OCH3 is 1. The minimum absolute atomic E-state index is 0.0136. The van der Waals surface area contributed by atoms with Crippen LogP contribution in [-0.2, 0) is 0 Å². The molecule has 0 saturated heterocycles. The number of fused-ring (bicyclic) bond motifs is 1. The van der Waals surface area contributed by atoms with E-state index in [1.807, 2.05) is 50.2 Å². The SMILES string of the molecule is CC[C@@H]1CN(C(=O)Nc2cc(C)ccc2OC)c2cc(C)ccc2O1. The van der Waals surface area contributed by atoms with Crippen LogP contribution in [0.3, 0.4) is 0 Å². The van der Waals surface area contributed by atoms with E-state index in [4.69, 9.17) is 9.47 Å². The van der Waals surface area contributed by atoms with Crippen molar-refractivity contribution in [3.63, 3.8) is 0 Å². The number of aryl methyl sites for hydroxylation is 2. The second kappa shape index (κ2) is 7.05.